The van der Waals surface area contributed by atoms with Crippen molar-refractivity contribution < 1.29 is 23.5 Å². The molecule has 0 bridgehead atoms. The minimum absolute atomic E-state index is 0.0141. The van der Waals surface area contributed by atoms with Crippen molar-refractivity contribution in [1.82, 2.24) is 10.6 Å². The fraction of sp³-hybridized carbons (Fsp3) is 0.516. The molecule has 2 heterocycles. The Hall–Kier alpha value is -2.72. The minimum atomic E-state index is -1.19. The first-order valence-electron chi connectivity index (χ1n) is 14.0. The minimum Gasteiger partial charge on any atom is -0.458 e. The molecule has 8 nitrogen and oxygen atoms in total. The number of hydrogen-bond donors (Lipinski definition) is 4. The van der Waals surface area contributed by atoms with Crippen LogP contribution in [0.1, 0.15) is 52.5 Å². The lowest BCUT2D eigenvalue weighted by Crippen LogP contribution is -2.59. The zero-order chi connectivity index (χ0) is 31.0. The van der Waals surface area contributed by atoms with Gasteiger partial charge in [-0.25, -0.2) is 4.39 Å². The summed E-state index contributed by atoms with van der Waals surface area (Å²) in [5.74, 6) is -1.75. The van der Waals surface area contributed by atoms with Crippen LogP contribution in [-0.2, 0) is 24.5 Å². The Morgan fingerprint density at radius 1 is 1.31 bits per heavy atom. The average Bonchev–Trinajstić information content (AvgIpc) is 3.36. The summed E-state index contributed by atoms with van der Waals surface area (Å²) in [6, 6.07) is 3.78. The van der Waals surface area contributed by atoms with E-state index in [1.165, 1.54) is 6.08 Å². The van der Waals surface area contributed by atoms with E-state index in [0.29, 0.717) is 35.5 Å². The Labute approximate surface area is 256 Å². The Balaban J connectivity index is 1.74. The zero-order valence-corrected chi connectivity index (χ0v) is 25.9. The fourth-order valence-corrected chi connectivity index (χ4v) is 6.92. The number of hydrogen-bond acceptors (Lipinski definition) is 6. The molecule has 228 valence electrons. The second kappa shape index (κ2) is 12.1. The van der Waals surface area contributed by atoms with E-state index in [0.717, 1.165) is 5.56 Å². The van der Waals surface area contributed by atoms with Crippen molar-refractivity contribution in [3.63, 3.8) is 0 Å². The second-order valence-corrected chi connectivity index (χ2v) is 13.8. The molecular weight excluding hydrogens is 582 g/mol. The highest BCUT2D eigenvalue weighted by Crippen LogP contribution is 2.55. The number of nitrogens with one attached hydrogen (secondary N) is 3. The summed E-state index contributed by atoms with van der Waals surface area (Å²) in [6.45, 7) is 11.3. The zero-order valence-electron chi connectivity index (χ0n) is 24.4. The molecule has 1 aliphatic carbocycles. The molecule has 11 heteroatoms. The van der Waals surface area contributed by atoms with Gasteiger partial charge in [0.2, 0.25) is 11.8 Å². The Kier molecular flexibility index (Phi) is 9.28. The van der Waals surface area contributed by atoms with Crippen LogP contribution in [0.25, 0.3) is 0 Å². The van der Waals surface area contributed by atoms with Gasteiger partial charge in [-0.1, -0.05) is 68.8 Å². The third kappa shape index (κ3) is 6.30. The highest BCUT2D eigenvalue weighted by molar-refractivity contribution is 6.31. The largest absolute Gasteiger partial charge is 0.458 e. The van der Waals surface area contributed by atoms with Gasteiger partial charge in [0.05, 0.1) is 12.6 Å². The van der Waals surface area contributed by atoms with Crippen LogP contribution in [0.15, 0.2) is 53.6 Å². The molecule has 0 aromatic heterocycles. The van der Waals surface area contributed by atoms with Crippen LogP contribution in [0, 0.1) is 11.3 Å². The molecule has 1 aromatic rings. The molecule has 1 saturated heterocycles. The van der Waals surface area contributed by atoms with Gasteiger partial charge in [0.15, 0.2) is 0 Å². The van der Waals surface area contributed by atoms with Gasteiger partial charge in [0.25, 0.3) is 0 Å². The SMILES string of the molecule is C=C(/C=C\C=C(\Cl)CF)[C@H]1[C@H](C(=O)N[C@H]2C[C@@](C)(OC(=O)CN)C2)N[C@H](CC(C)(C)C)[C@]12C(=O)Nc1cc(Cl)ccc12. The normalized spacial score (nSPS) is 30.7. The number of amides is 2. The van der Waals surface area contributed by atoms with Gasteiger partial charge in [-0.05, 0) is 48.1 Å². The summed E-state index contributed by atoms with van der Waals surface area (Å²) in [4.78, 5) is 39.9. The molecule has 5 N–H and O–H groups in total. The molecule has 4 rings (SSSR count). The van der Waals surface area contributed by atoms with Crippen molar-refractivity contribution in [2.75, 3.05) is 18.5 Å². The maximum Gasteiger partial charge on any atom is 0.320 e. The predicted octanol–water partition coefficient (Wildman–Crippen LogP) is 4.67. The fourth-order valence-electron chi connectivity index (χ4n) is 6.67. The van der Waals surface area contributed by atoms with Gasteiger partial charge in [-0.2, -0.15) is 0 Å². The van der Waals surface area contributed by atoms with Gasteiger partial charge < -0.3 is 26.4 Å². The highest BCUT2D eigenvalue weighted by atomic mass is 35.5. The summed E-state index contributed by atoms with van der Waals surface area (Å²) in [7, 11) is 0. The maximum atomic E-state index is 14.1. The number of ether oxygens (including phenoxy) is 1. The quantitative estimate of drug-likeness (QED) is 0.235. The summed E-state index contributed by atoms with van der Waals surface area (Å²) >= 11 is 12.2. The Bertz CT molecular complexity index is 1330. The molecule has 4 atom stereocenters. The van der Waals surface area contributed by atoms with Crippen molar-refractivity contribution in [1.29, 1.82) is 0 Å². The molecule has 2 aliphatic heterocycles. The van der Waals surface area contributed by atoms with Crippen molar-refractivity contribution >= 4 is 46.7 Å². The van der Waals surface area contributed by atoms with Gasteiger partial charge in [0.1, 0.15) is 17.7 Å². The number of alkyl halides is 1. The van der Waals surface area contributed by atoms with Crippen molar-refractivity contribution in [2.45, 2.75) is 76.1 Å². The van der Waals surface area contributed by atoms with E-state index in [2.05, 4.69) is 43.3 Å². The topological polar surface area (TPSA) is 123 Å². The molecular formula is C31H39Cl2FN4O4. The lowest BCUT2D eigenvalue weighted by Gasteiger charge is -2.44. The molecule has 2 fully saturated rings. The van der Waals surface area contributed by atoms with E-state index in [1.807, 2.05) is 13.0 Å². The van der Waals surface area contributed by atoms with Crippen LogP contribution < -0.4 is 21.7 Å². The van der Waals surface area contributed by atoms with Crippen LogP contribution in [0.3, 0.4) is 0 Å². The number of halogens is 3. The van der Waals surface area contributed by atoms with Gasteiger partial charge in [0, 0.05) is 46.6 Å². The van der Waals surface area contributed by atoms with Crippen LogP contribution >= 0.6 is 23.2 Å². The summed E-state index contributed by atoms with van der Waals surface area (Å²) in [5.41, 5.74) is 5.13. The predicted molar refractivity (Wildman–Crippen MR) is 163 cm³/mol. The van der Waals surface area contributed by atoms with E-state index in [1.54, 1.807) is 24.3 Å². The van der Waals surface area contributed by atoms with Crippen molar-refractivity contribution in [3.05, 3.63) is 64.2 Å². The molecule has 0 unspecified atom stereocenters. The summed E-state index contributed by atoms with van der Waals surface area (Å²) < 4.78 is 18.4. The monoisotopic (exact) mass is 620 g/mol. The molecule has 1 aromatic carbocycles. The third-order valence-corrected chi connectivity index (χ3v) is 8.71. The van der Waals surface area contributed by atoms with Gasteiger partial charge in [-0.15, -0.1) is 0 Å². The van der Waals surface area contributed by atoms with Gasteiger partial charge in [-0.3, -0.25) is 14.4 Å². The van der Waals surface area contributed by atoms with Gasteiger partial charge >= 0.3 is 5.97 Å². The van der Waals surface area contributed by atoms with Crippen LogP contribution in [0.2, 0.25) is 5.02 Å². The number of esters is 1. The molecule has 42 heavy (non-hydrogen) atoms. The smallest absolute Gasteiger partial charge is 0.320 e. The van der Waals surface area contributed by atoms with E-state index >= 15 is 0 Å². The number of carbonyl (C=O) groups excluding carboxylic acids is 3. The number of carbonyl (C=O) groups is 3. The van der Waals surface area contributed by atoms with Crippen molar-refractivity contribution in [3.8, 4) is 0 Å². The second-order valence-electron chi connectivity index (χ2n) is 12.9. The number of anilines is 1. The molecule has 3 aliphatic rings. The first-order chi connectivity index (χ1) is 19.6. The lowest BCUT2D eigenvalue weighted by atomic mass is 9.62. The van der Waals surface area contributed by atoms with Crippen LogP contribution in [-0.4, -0.2) is 54.7 Å². The van der Waals surface area contributed by atoms with Crippen LogP contribution in [0.4, 0.5) is 10.1 Å². The van der Waals surface area contributed by atoms with E-state index in [-0.39, 0.29) is 34.8 Å². The summed E-state index contributed by atoms with van der Waals surface area (Å²) in [6.07, 6.45) is 6.11. The average molecular weight is 622 g/mol. The number of allylic oxidation sites excluding steroid dienone is 4. The van der Waals surface area contributed by atoms with Crippen molar-refractivity contribution in [2.24, 2.45) is 17.1 Å². The molecule has 1 spiro atoms. The first kappa shape index (κ1) is 32.2. The standard InChI is InChI=1S/C31H39Cl2FN4O4/c1-17(7-6-8-19(33)15-34)25-26(27(40)36-20-12-30(5,13-20)42-24(39)16-35)38-23(14-29(2,3)4)31(25)21-10-9-18(32)11-22(21)37-28(31)41/h6-11,20,23,25-26,38H,1,12-16,35H2,2-5H3,(H,36,40)(H,37,41)/b7-6-,19-8+/t20-,23-,25+,26-,30+,31+/m1/s1. The maximum absolute atomic E-state index is 14.1. The number of fused-ring (bicyclic) bond motifs is 2. The summed E-state index contributed by atoms with van der Waals surface area (Å²) in [5, 5.41) is 10.1. The molecule has 0 radical (unpaired) electrons. The highest BCUT2D eigenvalue weighted by Gasteiger charge is 2.66. The van der Waals surface area contributed by atoms with E-state index in [4.69, 9.17) is 33.7 Å². The Morgan fingerprint density at radius 3 is 2.62 bits per heavy atom. The molecule has 2 amide bonds. The number of rotatable bonds is 9. The van der Waals surface area contributed by atoms with E-state index < -0.39 is 41.7 Å². The first-order valence-corrected chi connectivity index (χ1v) is 14.8. The molecule has 1 saturated carbocycles. The van der Waals surface area contributed by atoms with Crippen LogP contribution in [0.5, 0.6) is 0 Å². The number of nitrogens with two attached hydrogens (primary N) is 1. The third-order valence-electron chi connectivity index (χ3n) is 8.25. The number of benzene rings is 1. The van der Waals surface area contributed by atoms with E-state index in [9.17, 15) is 18.8 Å². The lowest BCUT2D eigenvalue weighted by molar-refractivity contribution is -0.167. The Morgan fingerprint density at radius 2 is 2.00 bits per heavy atom.